The van der Waals surface area contributed by atoms with Crippen LogP contribution in [0.1, 0.15) is 25.7 Å². The molecule has 1 saturated heterocycles. The van der Waals surface area contributed by atoms with Crippen molar-refractivity contribution >= 4 is 17.7 Å². The second-order valence-corrected chi connectivity index (χ2v) is 4.52. The van der Waals surface area contributed by atoms with Gasteiger partial charge in [-0.15, -0.1) is 0 Å². The van der Waals surface area contributed by atoms with Gasteiger partial charge in [0, 0.05) is 18.2 Å². The molecule has 0 saturated carbocycles. The van der Waals surface area contributed by atoms with Crippen LogP contribution in [0.25, 0.3) is 0 Å². The molecule has 0 aromatic rings. The predicted octanol–water partition coefficient (Wildman–Crippen LogP) is 0.737. The number of nitrogens with two attached hydrogens (primary N) is 1. The highest BCUT2D eigenvalue weighted by atomic mass is 32.2. The summed E-state index contributed by atoms with van der Waals surface area (Å²) in [6.07, 6.45) is 3.64. The normalized spacial score (nSPS) is 21.8. The van der Waals surface area contributed by atoms with Gasteiger partial charge in [0.05, 0.1) is 0 Å². The zero-order chi connectivity index (χ0) is 9.52. The van der Waals surface area contributed by atoms with Gasteiger partial charge in [-0.3, -0.25) is 4.79 Å². The number of amides is 1. The van der Waals surface area contributed by atoms with Crippen LogP contribution in [-0.4, -0.2) is 30.0 Å². The van der Waals surface area contributed by atoms with Gasteiger partial charge >= 0.3 is 0 Å². The van der Waals surface area contributed by atoms with E-state index in [4.69, 9.17) is 5.73 Å². The maximum Gasteiger partial charge on any atom is 0.220 e. The van der Waals surface area contributed by atoms with Crippen LogP contribution >= 0.6 is 11.8 Å². The first-order valence-electron chi connectivity index (χ1n) is 4.90. The van der Waals surface area contributed by atoms with E-state index in [0.717, 1.165) is 25.0 Å². The molecule has 3 N–H and O–H groups in total. The fourth-order valence-electron chi connectivity index (χ4n) is 1.38. The lowest BCUT2D eigenvalue weighted by Crippen LogP contribution is -2.34. The number of rotatable bonds is 5. The second-order valence-electron chi connectivity index (χ2n) is 3.37. The lowest BCUT2D eigenvalue weighted by molar-refractivity contribution is -0.121. The molecule has 1 fully saturated rings. The Morgan fingerprint density at radius 1 is 1.54 bits per heavy atom. The van der Waals surface area contributed by atoms with Crippen LogP contribution in [0.4, 0.5) is 0 Å². The second kappa shape index (κ2) is 6.27. The minimum absolute atomic E-state index is 0.195. The number of unbranched alkanes of at least 4 members (excludes halogenated alkanes) is 1. The van der Waals surface area contributed by atoms with Crippen molar-refractivity contribution in [3.8, 4) is 0 Å². The van der Waals surface area contributed by atoms with Crippen LogP contribution in [0.3, 0.4) is 0 Å². The standard InChI is InChI=1S/C9H18N2OS/c10-5-2-1-3-9(12)11-8-4-6-13-7-8/h8H,1-7,10H2,(H,11,12). The average molecular weight is 202 g/mol. The lowest BCUT2D eigenvalue weighted by Gasteiger charge is -2.10. The molecule has 1 atom stereocenters. The van der Waals surface area contributed by atoms with E-state index >= 15 is 0 Å². The van der Waals surface area contributed by atoms with E-state index in [1.807, 2.05) is 11.8 Å². The van der Waals surface area contributed by atoms with E-state index in [1.165, 1.54) is 5.75 Å². The van der Waals surface area contributed by atoms with Gasteiger partial charge in [0.15, 0.2) is 0 Å². The van der Waals surface area contributed by atoms with Crippen LogP contribution < -0.4 is 11.1 Å². The molecule has 1 amide bonds. The van der Waals surface area contributed by atoms with Gasteiger partial charge in [0.1, 0.15) is 0 Å². The van der Waals surface area contributed by atoms with Gasteiger partial charge in [-0.25, -0.2) is 0 Å². The summed E-state index contributed by atoms with van der Waals surface area (Å²) in [5, 5.41) is 3.04. The molecule has 1 aliphatic rings. The molecule has 1 unspecified atom stereocenters. The van der Waals surface area contributed by atoms with Gasteiger partial charge in [0.25, 0.3) is 0 Å². The summed E-state index contributed by atoms with van der Waals surface area (Å²) in [7, 11) is 0. The molecule has 1 heterocycles. The zero-order valence-electron chi connectivity index (χ0n) is 7.92. The Labute approximate surface area is 83.8 Å². The molecule has 4 heteroatoms. The highest BCUT2D eigenvalue weighted by Crippen LogP contribution is 2.17. The quantitative estimate of drug-likeness (QED) is 0.646. The Balaban J connectivity index is 2.02. The van der Waals surface area contributed by atoms with Gasteiger partial charge in [-0.2, -0.15) is 11.8 Å². The average Bonchev–Trinajstić information content (AvgIpc) is 2.57. The highest BCUT2D eigenvalue weighted by Gasteiger charge is 2.16. The summed E-state index contributed by atoms with van der Waals surface area (Å²) >= 11 is 1.92. The van der Waals surface area contributed by atoms with Crippen molar-refractivity contribution in [3.63, 3.8) is 0 Å². The smallest absolute Gasteiger partial charge is 0.220 e. The van der Waals surface area contributed by atoms with Gasteiger partial charge in [-0.05, 0) is 31.6 Å². The van der Waals surface area contributed by atoms with Gasteiger partial charge in [-0.1, -0.05) is 0 Å². The fraction of sp³-hybridized carbons (Fsp3) is 0.889. The van der Waals surface area contributed by atoms with E-state index in [0.29, 0.717) is 19.0 Å². The SMILES string of the molecule is NCCCCC(=O)NC1CCSC1. The van der Waals surface area contributed by atoms with Crippen molar-refractivity contribution in [3.05, 3.63) is 0 Å². The fourth-order valence-corrected chi connectivity index (χ4v) is 2.53. The molecule has 0 aromatic carbocycles. The summed E-state index contributed by atoms with van der Waals surface area (Å²) in [5.74, 6) is 2.47. The molecule has 1 aliphatic heterocycles. The number of thioether (sulfide) groups is 1. The number of carbonyl (C=O) groups excluding carboxylic acids is 1. The third kappa shape index (κ3) is 4.52. The topological polar surface area (TPSA) is 55.1 Å². The Bertz CT molecular complexity index is 158. The summed E-state index contributed by atoms with van der Waals surface area (Å²) in [5.41, 5.74) is 5.34. The van der Waals surface area contributed by atoms with Crippen LogP contribution in [0.5, 0.6) is 0 Å². The van der Waals surface area contributed by atoms with E-state index in [2.05, 4.69) is 5.32 Å². The van der Waals surface area contributed by atoms with E-state index < -0.39 is 0 Å². The largest absolute Gasteiger partial charge is 0.353 e. The molecular weight excluding hydrogens is 184 g/mol. The van der Waals surface area contributed by atoms with Crippen molar-refractivity contribution < 1.29 is 4.79 Å². The van der Waals surface area contributed by atoms with Crippen LogP contribution in [-0.2, 0) is 4.79 Å². The molecule has 0 aromatic heterocycles. The number of nitrogens with one attached hydrogen (secondary N) is 1. The summed E-state index contributed by atoms with van der Waals surface area (Å²) < 4.78 is 0. The monoisotopic (exact) mass is 202 g/mol. The van der Waals surface area contributed by atoms with Crippen molar-refractivity contribution in [2.75, 3.05) is 18.1 Å². The van der Waals surface area contributed by atoms with Gasteiger partial charge in [0.2, 0.25) is 5.91 Å². The maximum atomic E-state index is 11.3. The van der Waals surface area contributed by atoms with Crippen LogP contribution in [0.2, 0.25) is 0 Å². The maximum absolute atomic E-state index is 11.3. The zero-order valence-corrected chi connectivity index (χ0v) is 8.74. The third-order valence-electron chi connectivity index (χ3n) is 2.15. The molecule has 13 heavy (non-hydrogen) atoms. The predicted molar refractivity (Wildman–Crippen MR) is 56.8 cm³/mol. The molecule has 1 rings (SSSR count). The van der Waals surface area contributed by atoms with Crippen molar-refractivity contribution in [1.82, 2.24) is 5.32 Å². The molecule has 0 spiro atoms. The Kier molecular flexibility index (Phi) is 5.23. The van der Waals surface area contributed by atoms with Crippen molar-refractivity contribution in [2.45, 2.75) is 31.7 Å². The first kappa shape index (κ1) is 10.9. The minimum atomic E-state index is 0.195. The lowest BCUT2D eigenvalue weighted by atomic mass is 10.2. The van der Waals surface area contributed by atoms with E-state index in [-0.39, 0.29) is 5.91 Å². The summed E-state index contributed by atoms with van der Waals surface area (Å²) in [6.45, 7) is 0.687. The highest BCUT2D eigenvalue weighted by molar-refractivity contribution is 7.99. The Morgan fingerprint density at radius 2 is 2.38 bits per heavy atom. The van der Waals surface area contributed by atoms with Crippen LogP contribution in [0.15, 0.2) is 0 Å². The number of hydrogen-bond donors (Lipinski definition) is 2. The Hall–Kier alpha value is -0.220. The molecule has 3 nitrogen and oxygen atoms in total. The van der Waals surface area contributed by atoms with E-state index in [9.17, 15) is 4.79 Å². The first-order valence-corrected chi connectivity index (χ1v) is 6.05. The Morgan fingerprint density at radius 3 is 3.00 bits per heavy atom. The van der Waals surface area contributed by atoms with Crippen LogP contribution in [0, 0.1) is 0 Å². The molecule has 0 radical (unpaired) electrons. The number of hydrogen-bond acceptors (Lipinski definition) is 3. The molecule has 0 aliphatic carbocycles. The van der Waals surface area contributed by atoms with Crippen molar-refractivity contribution in [1.29, 1.82) is 0 Å². The summed E-state index contributed by atoms with van der Waals surface area (Å²) in [6, 6.07) is 0.426. The number of carbonyl (C=O) groups is 1. The van der Waals surface area contributed by atoms with E-state index in [1.54, 1.807) is 0 Å². The third-order valence-corrected chi connectivity index (χ3v) is 3.32. The molecule has 0 bridgehead atoms. The minimum Gasteiger partial charge on any atom is -0.353 e. The van der Waals surface area contributed by atoms with Gasteiger partial charge < -0.3 is 11.1 Å². The molecule has 76 valence electrons. The first-order chi connectivity index (χ1) is 6.33. The molecular formula is C9H18N2OS. The van der Waals surface area contributed by atoms with Crippen molar-refractivity contribution in [2.24, 2.45) is 5.73 Å². The summed E-state index contributed by atoms with van der Waals surface area (Å²) in [4.78, 5) is 11.3.